The molecule has 1 atom stereocenters. The Labute approximate surface area is 150 Å². The zero-order valence-electron chi connectivity index (χ0n) is 14.1. The molecule has 0 saturated carbocycles. The molecular formula is C16H17BN6O3. The van der Waals surface area contributed by atoms with E-state index >= 15 is 0 Å². The first-order chi connectivity index (χ1) is 12.7. The predicted octanol–water partition coefficient (Wildman–Crippen LogP) is 0.709. The second-order valence-corrected chi connectivity index (χ2v) is 5.31. The molecule has 1 heterocycles. The van der Waals surface area contributed by atoms with Crippen molar-refractivity contribution in [3.05, 3.63) is 41.7 Å². The van der Waals surface area contributed by atoms with E-state index in [1.165, 1.54) is 4.68 Å². The number of nitrogens with zero attached hydrogens (tertiary/aromatic N) is 6. The number of aryl methyl sites for hydroxylation is 2. The van der Waals surface area contributed by atoms with E-state index in [4.69, 9.17) is 10.00 Å². The van der Waals surface area contributed by atoms with Gasteiger partial charge in [0.1, 0.15) is 0 Å². The van der Waals surface area contributed by atoms with Gasteiger partial charge in [0, 0.05) is 0 Å². The number of ether oxygens (including phenoxy) is 1. The van der Waals surface area contributed by atoms with Crippen molar-refractivity contribution in [2.75, 3.05) is 0 Å². The SMILES string of the molecule is N#CCCn1nnnc1CCC(N=CB=O)C(=O)OCc1ccccc1. The zero-order valence-corrected chi connectivity index (χ0v) is 14.1. The van der Waals surface area contributed by atoms with E-state index in [0.29, 0.717) is 25.9 Å². The number of aromatic nitrogens is 4. The third-order valence-electron chi connectivity index (χ3n) is 3.51. The van der Waals surface area contributed by atoms with Crippen LogP contribution in [-0.4, -0.2) is 45.5 Å². The van der Waals surface area contributed by atoms with Crippen LogP contribution in [0.25, 0.3) is 0 Å². The summed E-state index contributed by atoms with van der Waals surface area (Å²) < 4.78 is 17.3. The fourth-order valence-corrected chi connectivity index (χ4v) is 2.21. The normalized spacial score (nSPS) is 11.7. The molecular weight excluding hydrogens is 335 g/mol. The molecule has 26 heavy (non-hydrogen) atoms. The summed E-state index contributed by atoms with van der Waals surface area (Å²) in [4.78, 5) is 16.2. The maximum atomic E-state index is 12.3. The second-order valence-electron chi connectivity index (χ2n) is 5.31. The van der Waals surface area contributed by atoms with Crippen LogP contribution in [0.5, 0.6) is 0 Å². The molecule has 2 rings (SSSR count). The molecule has 0 spiro atoms. The number of carbonyl (C=O) groups excluding carboxylic acids is 1. The van der Waals surface area contributed by atoms with Gasteiger partial charge in [-0.15, -0.1) is 0 Å². The van der Waals surface area contributed by atoms with E-state index in [1.54, 1.807) is 0 Å². The minimum atomic E-state index is -0.829. The maximum absolute atomic E-state index is 12.3. The van der Waals surface area contributed by atoms with Gasteiger partial charge in [-0.2, -0.15) is 0 Å². The topological polar surface area (TPSA) is 123 Å². The number of esters is 1. The first-order valence-corrected chi connectivity index (χ1v) is 8.04. The number of tetrazole rings is 1. The van der Waals surface area contributed by atoms with Gasteiger partial charge in [0.15, 0.2) is 0 Å². The number of nitriles is 1. The van der Waals surface area contributed by atoms with E-state index in [-0.39, 0.29) is 19.4 Å². The van der Waals surface area contributed by atoms with Gasteiger partial charge in [-0.1, -0.05) is 0 Å². The molecule has 0 radical (unpaired) electrons. The van der Waals surface area contributed by atoms with Crippen molar-refractivity contribution in [3.8, 4) is 6.07 Å². The molecule has 0 saturated heterocycles. The Morgan fingerprint density at radius 1 is 1.42 bits per heavy atom. The van der Waals surface area contributed by atoms with Crippen LogP contribution in [0.2, 0.25) is 0 Å². The molecule has 2 aromatic rings. The Morgan fingerprint density at radius 3 is 2.96 bits per heavy atom. The molecule has 0 aliphatic heterocycles. The average Bonchev–Trinajstić information content (AvgIpc) is 3.12. The fraction of sp³-hybridized carbons (Fsp3) is 0.375. The Hall–Kier alpha value is -3.22. The van der Waals surface area contributed by atoms with Crippen LogP contribution in [0.15, 0.2) is 35.3 Å². The van der Waals surface area contributed by atoms with Crippen molar-refractivity contribution in [1.29, 1.82) is 5.26 Å². The third-order valence-corrected chi connectivity index (χ3v) is 3.51. The van der Waals surface area contributed by atoms with Gasteiger partial charge < -0.3 is 0 Å². The van der Waals surface area contributed by atoms with Crippen LogP contribution in [0.1, 0.15) is 24.2 Å². The molecule has 1 aromatic heterocycles. The van der Waals surface area contributed by atoms with Crippen molar-refractivity contribution >= 4 is 19.2 Å². The van der Waals surface area contributed by atoms with Crippen molar-refractivity contribution in [1.82, 2.24) is 20.2 Å². The molecule has 1 unspecified atom stereocenters. The Morgan fingerprint density at radius 2 is 2.23 bits per heavy atom. The molecule has 0 N–H and O–H groups in total. The summed E-state index contributed by atoms with van der Waals surface area (Å²) in [6.07, 6.45) is 1.96. The third kappa shape index (κ3) is 6.01. The van der Waals surface area contributed by atoms with E-state index in [1.807, 2.05) is 36.4 Å². The molecule has 0 amide bonds. The number of carbonyl (C=O) groups is 1. The monoisotopic (exact) mass is 352 g/mol. The number of rotatable bonds is 10. The van der Waals surface area contributed by atoms with E-state index in [9.17, 15) is 9.50 Å². The van der Waals surface area contributed by atoms with Crippen molar-refractivity contribution in [3.63, 3.8) is 0 Å². The van der Waals surface area contributed by atoms with Crippen LogP contribution in [0.3, 0.4) is 0 Å². The Balaban J connectivity index is 1.95. The molecule has 0 bridgehead atoms. The fourth-order valence-electron chi connectivity index (χ4n) is 2.21. The summed E-state index contributed by atoms with van der Waals surface area (Å²) in [6, 6.07) is 10.5. The van der Waals surface area contributed by atoms with E-state index in [0.717, 1.165) is 11.7 Å². The number of aliphatic imine (C=N–C) groups is 1. The summed E-state index contributed by atoms with van der Waals surface area (Å²) in [5.41, 5.74) is 0.861. The number of hydrogen-bond donors (Lipinski definition) is 0. The van der Waals surface area contributed by atoms with Crippen LogP contribution < -0.4 is 0 Å². The van der Waals surface area contributed by atoms with Gasteiger partial charge in [-0.25, -0.2) is 0 Å². The van der Waals surface area contributed by atoms with Gasteiger partial charge in [-0.3, -0.25) is 0 Å². The molecule has 0 aliphatic carbocycles. The van der Waals surface area contributed by atoms with Crippen molar-refractivity contribution in [2.24, 2.45) is 4.99 Å². The Bertz CT molecular complexity index is 787. The number of benzene rings is 1. The van der Waals surface area contributed by atoms with Crippen LogP contribution in [0, 0.1) is 11.3 Å². The summed E-state index contributed by atoms with van der Waals surface area (Å²) in [5.74, 6) is 0.0189. The van der Waals surface area contributed by atoms with Crippen molar-refractivity contribution < 1.29 is 14.2 Å². The van der Waals surface area contributed by atoms with Gasteiger partial charge in [-0.05, 0) is 0 Å². The summed E-state index contributed by atoms with van der Waals surface area (Å²) >= 11 is 0. The van der Waals surface area contributed by atoms with Gasteiger partial charge in [0.05, 0.1) is 0 Å². The molecule has 132 valence electrons. The predicted molar refractivity (Wildman–Crippen MR) is 91.3 cm³/mol. The zero-order chi connectivity index (χ0) is 18.6. The standard InChI is InChI=1S/C16H17BN6O3/c18-9-4-10-23-15(20-21-22-23)8-7-14(19-12-17-25)16(24)26-11-13-5-2-1-3-6-13/h1-3,5-6,12,14H,4,7-8,10-11H2. The van der Waals surface area contributed by atoms with Crippen LogP contribution >= 0.6 is 0 Å². The van der Waals surface area contributed by atoms with Gasteiger partial charge in [0.25, 0.3) is 0 Å². The molecule has 1 aromatic carbocycles. The van der Waals surface area contributed by atoms with Crippen molar-refractivity contribution in [2.45, 2.75) is 38.5 Å². The van der Waals surface area contributed by atoms with E-state index < -0.39 is 12.0 Å². The van der Waals surface area contributed by atoms with Gasteiger partial charge in [0.2, 0.25) is 0 Å². The molecule has 0 aliphatic rings. The second kappa shape index (κ2) is 10.6. The molecule has 10 heteroatoms. The van der Waals surface area contributed by atoms with Crippen LogP contribution in [-0.2, 0) is 33.8 Å². The average molecular weight is 352 g/mol. The number of hydrogen-bond acceptors (Lipinski definition) is 8. The first-order valence-electron chi connectivity index (χ1n) is 8.04. The van der Waals surface area contributed by atoms with Crippen LogP contribution in [0.4, 0.5) is 0 Å². The first kappa shape index (κ1) is 19.1. The Kier molecular flexibility index (Phi) is 7.80. The molecule has 0 fully saturated rings. The minimum absolute atomic E-state index is 0.132. The van der Waals surface area contributed by atoms with E-state index in [2.05, 4.69) is 20.5 Å². The summed E-state index contributed by atoms with van der Waals surface area (Å²) in [7, 11) is 0.508. The summed E-state index contributed by atoms with van der Waals surface area (Å²) in [5, 5.41) is 19.9. The summed E-state index contributed by atoms with van der Waals surface area (Å²) in [6.45, 7) is 0.506. The quantitative estimate of drug-likeness (QED) is 0.350. The molecule has 9 nitrogen and oxygen atoms in total. The van der Waals surface area contributed by atoms with Gasteiger partial charge >= 0.3 is 150 Å².